The van der Waals surface area contributed by atoms with Crippen LogP contribution < -0.4 is 0 Å². The summed E-state index contributed by atoms with van der Waals surface area (Å²) in [6, 6.07) is 0. The first kappa shape index (κ1) is 60.6. The first-order chi connectivity index (χ1) is 35.4. The summed E-state index contributed by atoms with van der Waals surface area (Å²) in [6.07, 6.45) is -1.21. The van der Waals surface area contributed by atoms with Crippen LogP contribution in [0.2, 0.25) is 0 Å². The third kappa shape index (κ3) is 9.87. The fourth-order valence-corrected chi connectivity index (χ4v) is 16.4. The lowest BCUT2D eigenvalue weighted by Crippen LogP contribution is -2.75. The highest BCUT2D eigenvalue weighted by Gasteiger charge is 2.78. The number of fused-ring (bicyclic) bond motifs is 6. The molecule has 0 aromatic heterocycles. The van der Waals surface area contributed by atoms with Crippen LogP contribution in [0.1, 0.15) is 152 Å². The van der Waals surface area contributed by atoms with E-state index < -0.39 is 99.7 Å². The number of hydrogen-bond acceptors (Lipinski definition) is 15. The van der Waals surface area contributed by atoms with Gasteiger partial charge in [-0.3, -0.25) is 0 Å². The smallest absolute Gasteiger partial charge is 0.381 e. The van der Waals surface area contributed by atoms with Gasteiger partial charge in [-0.1, -0.05) is 41.5 Å². The Kier molecular flexibility index (Phi) is 17.2. The number of aliphatic hydroxyl groups is 2. The number of aliphatic hydroxyl groups excluding tert-OH is 1. The topological polar surface area (TPSA) is 160 Å². The zero-order valence-electron chi connectivity index (χ0n) is 44.9. The van der Waals surface area contributed by atoms with E-state index in [1.54, 1.807) is 20.8 Å². The minimum absolute atomic E-state index is 0.0363. The number of halogens is 9. The molecule has 76 heavy (non-hydrogen) atoms. The summed E-state index contributed by atoms with van der Waals surface area (Å²) in [5.74, 6) is -7.38. The monoisotopic (exact) mass is 1210 g/mol. The molecule has 16 rings (SSSR count). The summed E-state index contributed by atoms with van der Waals surface area (Å²) in [5.41, 5.74) is -2.63. The Labute approximate surface area is 460 Å². The van der Waals surface area contributed by atoms with Gasteiger partial charge < -0.3 is 43.4 Å². The molecule has 13 aliphatic heterocycles. The molecule has 3 saturated carbocycles. The van der Waals surface area contributed by atoms with E-state index in [-0.39, 0.29) is 40.8 Å². The second-order valence-corrected chi connectivity index (χ2v) is 26.7. The molecule has 0 aromatic carbocycles. The molecule has 3 spiro atoms. The number of ether oxygens (including phenoxy) is 7. The largest absolute Gasteiger partial charge is 0.443 e. The zero-order chi connectivity index (χ0) is 55.5. The molecule has 16 fully saturated rings. The summed E-state index contributed by atoms with van der Waals surface area (Å²) < 4.78 is 119. The van der Waals surface area contributed by atoms with E-state index in [1.165, 1.54) is 26.2 Å². The number of rotatable bonds is 0. The van der Waals surface area contributed by atoms with Gasteiger partial charge in [0.2, 0.25) is 21.9 Å². The normalized spacial score (nSPS) is 54.3. The summed E-state index contributed by atoms with van der Waals surface area (Å²) in [4.78, 5) is 34.3. The van der Waals surface area contributed by atoms with Gasteiger partial charge in [0, 0.05) is 68.0 Å². The summed E-state index contributed by atoms with van der Waals surface area (Å²) in [6.45, 7) is 18.7. The predicted molar refractivity (Wildman–Crippen MR) is 260 cm³/mol. The van der Waals surface area contributed by atoms with Crippen molar-refractivity contribution in [3.8, 4) is 0 Å². The van der Waals surface area contributed by atoms with Crippen molar-refractivity contribution in [1.82, 2.24) is 0 Å². The van der Waals surface area contributed by atoms with Crippen LogP contribution in [0.5, 0.6) is 0 Å². The van der Waals surface area contributed by atoms with Crippen LogP contribution in [0.15, 0.2) is 0 Å². The predicted octanol–water partition coefficient (Wildman–Crippen LogP) is 12.0. The molecule has 440 valence electrons. The Morgan fingerprint density at radius 2 is 0.882 bits per heavy atom. The van der Waals surface area contributed by atoms with Crippen molar-refractivity contribution >= 4 is 39.1 Å². The lowest BCUT2D eigenvalue weighted by molar-refractivity contribution is -0.597. The Morgan fingerprint density at radius 3 is 1.28 bits per heavy atom. The molecule has 13 saturated heterocycles. The van der Waals surface area contributed by atoms with Gasteiger partial charge >= 0.3 is 12.4 Å². The minimum Gasteiger partial charge on any atom is -0.381 e. The van der Waals surface area contributed by atoms with Crippen LogP contribution >= 0.6 is 39.1 Å². The van der Waals surface area contributed by atoms with Gasteiger partial charge in [0.15, 0.2) is 42.0 Å². The Bertz CT molecular complexity index is 1940. The first-order valence-corrected chi connectivity index (χ1v) is 29.4. The second-order valence-electron chi connectivity index (χ2n) is 24.7. The molecular weight excluding hydrogens is 1130 g/mol. The lowest BCUT2D eigenvalue weighted by atomic mass is 9.57. The molecule has 4 unspecified atom stereocenters. The maximum atomic E-state index is 13.8. The van der Waals surface area contributed by atoms with E-state index in [4.69, 9.17) is 85.7 Å². The van der Waals surface area contributed by atoms with Crippen molar-refractivity contribution in [2.75, 3.05) is 18.6 Å². The molecule has 6 bridgehead atoms. The molecule has 24 heteroatoms. The highest BCUT2D eigenvalue weighted by molar-refractivity contribution is 9.10. The maximum Gasteiger partial charge on any atom is 0.443 e. The van der Waals surface area contributed by atoms with Crippen LogP contribution in [0.25, 0.3) is 0 Å². The van der Waals surface area contributed by atoms with Crippen LogP contribution in [0.3, 0.4) is 0 Å². The highest BCUT2D eigenvalue weighted by Crippen LogP contribution is 2.67. The van der Waals surface area contributed by atoms with E-state index >= 15 is 0 Å². The Balaban J connectivity index is 0.000000130. The second kappa shape index (κ2) is 21.6. The summed E-state index contributed by atoms with van der Waals surface area (Å²) in [5, 5.41) is 20.8. The Hall–Kier alpha value is 0.0400. The quantitative estimate of drug-likeness (QED) is 0.134. The van der Waals surface area contributed by atoms with E-state index in [2.05, 4.69) is 36.7 Å². The minimum atomic E-state index is -4.91. The molecule has 0 radical (unpaired) electrons. The van der Waals surface area contributed by atoms with Crippen molar-refractivity contribution in [3.05, 3.63) is 0 Å². The molecule has 0 aromatic rings. The summed E-state index contributed by atoms with van der Waals surface area (Å²) in [7, 11) is 0. The van der Waals surface area contributed by atoms with Crippen LogP contribution in [-0.2, 0) is 62.5 Å². The third-order valence-corrected chi connectivity index (χ3v) is 21.6. The highest BCUT2D eigenvalue weighted by atomic mass is 79.9. The molecule has 0 amide bonds. The van der Waals surface area contributed by atoms with Crippen LogP contribution in [0.4, 0.5) is 26.3 Å². The fourth-order valence-electron chi connectivity index (χ4n) is 15.9. The first-order valence-electron chi connectivity index (χ1n) is 27.5. The molecular formula is C52H79BrCl2F6O15. The number of alkyl halides is 9. The van der Waals surface area contributed by atoms with Gasteiger partial charge in [-0.25, -0.2) is 29.3 Å². The molecule has 2 N–H and O–H groups in total. The van der Waals surface area contributed by atoms with E-state index in [0.29, 0.717) is 43.4 Å². The zero-order valence-corrected chi connectivity index (χ0v) is 48.0. The number of hydrogen-bond donors (Lipinski definition) is 2. The van der Waals surface area contributed by atoms with Crippen molar-refractivity contribution in [3.63, 3.8) is 0 Å². The van der Waals surface area contributed by atoms with E-state index in [0.717, 1.165) is 58.2 Å². The van der Waals surface area contributed by atoms with E-state index in [9.17, 15) is 36.6 Å². The van der Waals surface area contributed by atoms with Gasteiger partial charge in [0.1, 0.15) is 0 Å². The molecule has 24 atom stereocenters. The van der Waals surface area contributed by atoms with Gasteiger partial charge in [-0.15, -0.1) is 23.2 Å². The van der Waals surface area contributed by atoms with Crippen LogP contribution in [-0.4, -0.2) is 111 Å². The molecule has 3 aliphatic carbocycles. The average molecular weight is 1210 g/mol. The van der Waals surface area contributed by atoms with Crippen LogP contribution in [0, 0.1) is 71.0 Å². The van der Waals surface area contributed by atoms with Gasteiger partial charge in [-0.2, -0.15) is 26.3 Å². The third-order valence-electron chi connectivity index (χ3n) is 20.3. The standard InChI is InChI=1S/C16H22BrF3O4.C16H23F3O5.C15H24O5.C4H8O.CH2Cl2/c1-8-4-5-11-9(2)15(17,16(18,19)20)22-12-14(11)10(8)6-7-13(3,21-12)23-24-14;1-8-4-5-11-9(2)15(20,16(17,18)19)22-12-14(11)10(8)6-7-13(3,21-12)23-24-14;1-8-4-5-11-9(2)12(16)17-13-15(11)10(8)6-7-14(3,18-13)19-20-15;1-2-4-5-3-1;2-1-3/h8-12H,4-7H2,1-3H3;8-12,20H,4-7H2,1-3H3;8-13,16H,4-7H2,1-3H3;1-4H2;1H2/t2*8-,9-,10?,11+,12+,13-,14-,15-;8-,9-,10?,11+,12?,13-,14-,15-;;/m111../s1. The van der Waals surface area contributed by atoms with Crippen molar-refractivity contribution < 1.29 is 99.0 Å². The van der Waals surface area contributed by atoms with Gasteiger partial charge in [-0.05, 0) is 143 Å². The summed E-state index contributed by atoms with van der Waals surface area (Å²) >= 11 is 12.4. The Morgan fingerprint density at radius 1 is 0.500 bits per heavy atom. The van der Waals surface area contributed by atoms with Gasteiger partial charge in [0.05, 0.1) is 5.34 Å². The van der Waals surface area contributed by atoms with Crippen molar-refractivity contribution in [1.29, 1.82) is 0 Å². The van der Waals surface area contributed by atoms with Gasteiger partial charge in [0.25, 0.3) is 5.79 Å². The van der Waals surface area contributed by atoms with E-state index in [1.807, 2.05) is 13.8 Å². The molecule has 13 heterocycles. The molecule has 15 nitrogen and oxygen atoms in total. The van der Waals surface area contributed by atoms with Crippen molar-refractivity contribution in [2.24, 2.45) is 71.0 Å². The SMILES string of the molecule is C1CCOC1.C[C@@H]1CC[C@H]2[C@@H](C)C(O)O[C@@H]3O[C@@]4(C)CCC1[C@]32OO4.C[C@@H]1CC[C@H]2[C@@H](C)[C@](Br)(C(F)(F)F)O[C@@H]3O[C@@]4(C)CCC1[C@]32OO4.C[C@@H]1CC[C@H]2[C@@H](C)[C@](O)(C(F)(F)F)O[C@@H]3O[C@@]4(C)CCC1[C@]32OO4.ClCCl. The maximum absolute atomic E-state index is 13.8. The van der Waals surface area contributed by atoms with Crippen molar-refractivity contribution in [2.45, 2.75) is 234 Å². The fraction of sp³-hybridized carbons (Fsp3) is 1.00. The average Bonchev–Trinajstić information content (AvgIpc) is 3.63. The molecule has 16 aliphatic rings. The lowest BCUT2D eigenvalue weighted by Gasteiger charge is -2.62.